The van der Waals surface area contributed by atoms with Crippen LogP contribution in [0.4, 0.5) is 0 Å². The van der Waals surface area contributed by atoms with Crippen LogP contribution in [0.2, 0.25) is 0 Å². The Labute approximate surface area is 200 Å². The first kappa shape index (κ1) is 23.1. The number of piperazine rings is 1. The maximum Gasteiger partial charge on any atom is 0.273 e. The second kappa shape index (κ2) is 10.3. The van der Waals surface area contributed by atoms with Gasteiger partial charge < -0.3 is 10.2 Å². The van der Waals surface area contributed by atoms with Crippen molar-refractivity contribution < 1.29 is 4.79 Å². The van der Waals surface area contributed by atoms with Crippen LogP contribution in [0.25, 0.3) is 16.6 Å². The lowest BCUT2D eigenvalue weighted by Gasteiger charge is -2.40. The quantitative estimate of drug-likeness (QED) is 0.544. The minimum atomic E-state index is -0.260. The van der Waals surface area contributed by atoms with Crippen LogP contribution in [0.5, 0.6) is 0 Å². The van der Waals surface area contributed by atoms with Gasteiger partial charge in [-0.2, -0.15) is 4.98 Å². The SMILES string of the molecule is Cc1cc(=O)nc2c3ccccc3n(CC(=O)NCCCN3CCN(C4CCCCC4)CC3)n12. The Kier molecular flexibility index (Phi) is 6.97. The molecule has 3 heterocycles. The summed E-state index contributed by atoms with van der Waals surface area (Å²) in [5, 5.41) is 3.97. The molecule has 0 radical (unpaired) electrons. The number of aromatic nitrogens is 3. The number of benzene rings is 1. The van der Waals surface area contributed by atoms with Gasteiger partial charge in [0.1, 0.15) is 6.54 Å². The van der Waals surface area contributed by atoms with E-state index < -0.39 is 0 Å². The number of nitrogens with zero attached hydrogens (tertiary/aromatic N) is 5. The van der Waals surface area contributed by atoms with Crippen molar-refractivity contribution in [3.8, 4) is 0 Å². The Bertz CT molecular complexity index is 1200. The molecule has 0 spiro atoms. The number of carbonyl (C=O) groups is 1. The van der Waals surface area contributed by atoms with Crippen molar-refractivity contribution in [2.24, 2.45) is 0 Å². The van der Waals surface area contributed by atoms with Crippen molar-refractivity contribution in [1.29, 1.82) is 0 Å². The number of hydrogen-bond acceptors (Lipinski definition) is 5. The zero-order chi connectivity index (χ0) is 23.5. The van der Waals surface area contributed by atoms with Crippen LogP contribution in [0.3, 0.4) is 0 Å². The van der Waals surface area contributed by atoms with Gasteiger partial charge in [-0.1, -0.05) is 31.4 Å². The maximum atomic E-state index is 12.8. The third-order valence-electron chi connectivity index (χ3n) is 7.51. The lowest BCUT2D eigenvalue weighted by atomic mass is 9.94. The molecule has 0 unspecified atom stereocenters. The van der Waals surface area contributed by atoms with Gasteiger partial charge in [-0.15, -0.1) is 0 Å². The van der Waals surface area contributed by atoms with Gasteiger partial charge in [-0.25, -0.2) is 4.52 Å². The van der Waals surface area contributed by atoms with Gasteiger partial charge in [0.05, 0.1) is 5.52 Å². The monoisotopic (exact) mass is 464 g/mol. The molecule has 1 N–H and O–H groups in total. The first-order valence-electron chi connectivity index (χ1n) is 12.8. The summed E-state index contributed by atoms with van der Waals surface area (Å²) in [6.45, 7) is 8.39. The fourth-order valence-corrected chi connectivity index (χ4v) is 5.74. The molecule has 2 fully saturated rings. The fraction of sp³-hybridized carbons (Fsp3) is 0.577. The molecule has 2 aliphatic rings. The summed E-state index contributed by atoms with van der Waals surface area (Å²) >= 11 is 0. The number of fused-ring (bicyclic) bond motifs is 3. The summed E-state index contributed by atoms with van der Waals surface area (Å²) in [6.07, 6.45) is 7.92. The summed E-state index contributed by atoms with van der Waals surface area (Å²) in [7, 11) is 0. The topological polar surface area (TPSA) is 74.9 Å². The van der Waals surface area contributed by atoms with Crippen LogP contribution in [-0.2, 0) is 11.3 Å². The van der Waals surface area contributed by atoms with Crippen molar-refractivity contribution in [1.82, 2.24) is 29.3 Å². The highest BCUT2D eigenvalue weighted by Crippen LogP contribution is 2.24. The first-order chi connectivity index (χ1) is 16.6. The molecular formula is C26H36N6O2. The van der Waals surface area contributed by atoms with Gasteiger partial charge in [0.25, 0.3) is 5.56 Å². The molecule has 1 amide bonds. The number of nitrogens with one attached hydrogen (secondary N) is 1. The van der Waals surface area contributed by atoms with E-state index >= 15 is 0 Å². The van der Waals surface area contributed by atoms with Crippen LogP contribution in [0.15, 0.2) is 35.1 Å². The van der Waals surface area contributed by atoms with Gasteiger partial charge in [-0.3, -0.25) is 19.2 Å². The maximum absolute atomic E-state index is 12.8. The van der Waals surface area contributed by atoms with E-state index in [0.29, 0.717) is 12.2 Å². The van der Waals surface area contributed by atoms with E-state index in [1.165, 1.54) is 51.3 Å². The summed E-state index contributed by atoms with van der Waals surface area (Å²) < 4.78 is 3.78. The normalized spacial score (nSPS) is 18.6. The fourth-order valence-electron chi connectivity index (χ4n) is 5.74. The Balaban J connectivity index is 1.13. The number of para-hydroxylation sites is 1. The molecule has 1 aromatic carbocycles. The average molecular weight is 465 g/mol. The van der Waals surface area contributed by atoms with E-state index in [4.69, 9.17) is 0 Å². The molecule has 8 heteroatoms. The number of rotatable bonds is 7. The molecule has 0 bridgehead atoms. The van der Waals surface area contributed by atoms with Crippen molar-refractivity contribution in [3.05, 3.63) is 46.4 Å². The zero-order valence-electron chi connectivity index (χ0n) is 20.2. The highest BCUT2D eigenvalue weighted by Gasteiger charge is 2.24. The van der Waals surface area contributed by atoms with E-state index in [1.54, 1.807) is 0 Å². The second-order valence-corrected chi connectivity index (χ2v) is 9.82. The van der Waals surface area contributed by atoms with Crippen LogP contribution >= 0.6 is 0 Å². The number of aryl methyl sites for hydroxylation is 1. The van der Waals surface area contributed by atoms with Crippen LogP contribution < -0.4 is 10.9 Å². The Hall–Kier alpha value is -2.71. The molecule has 182 valence electrons. The van der Waals surface area contributed by atoms with E-state index in [0.717, 1.165) is 48.7 Å². The van der Waals surface area contributed by atoms with Gasteiger partial charge in [0.15, 0.2) is 5.65 Å². The molecule has 1 saturated carbocycles. The highest BCUT2D eigenvalue weighted by molar-refractivity contribution is 5.93. The van der Waals surface area contributed by atoms with Gasteiger partial charge in [0, 0.05) is 55.9 Å². The molecule has 8 nitrogen and oxygen atoms in total. The summed E-state index contributed by atoms with van der Waals surface area (Å²) in [5.74, 6) is -0.0251. The molecule has 1 aliphatic heterocycles. The molecule has 5 rings (SSSR count). The van der Waals surface area contributed by atoms with Crippen molar-refractivity contribution >= 4 is 22.5 Å². The minimum absolute atomic E-state index is 0.0251. The zero-order valence-corrected chi connectivity index (χ0v) is 20.2. The number of hydrogen-bond donors (Lipinski definition) is 1. The molecule has 34 heavy (non-hydrogen) atoms. The van der Waals surface area contributed by atoms with Crippen LogP contribution in [0.1, 0.15) is 44.2 Å². The van der Waals surface area contributed by atoms with Crippen molar-refractivity contribution in [2.45, 2.75) is 58.0 Å². The second-order valence-electron chi connectivity index (χ2n) is 9.82. The molecular weight excluding hydrogens is 428 g/mol. The van der Waals surface area contributed by atoms with E-state index in [1.807, 2.05) is 40.4 Å². The van der Waals surface area contributed by atoms with Crippen molar-refractivity contribution in [2.75, 3.05) is 39.3 Å². The predicted molar refractivity (Wildman–Crippen MR) is 134 cm³/mol. The third-order valence-corrected chi connectivity index (χ3v) is 7.51. The van der Waals surface area contributed by atoms with E-state index in [2.05, 4.69) is 20.1 Å². The lowest BCUT2D eigenvalue weighted by Crippen LogP contribution is -2.51. The van der Waals surface area contributed by atoms with Crippen molar-refractivity contribution in [3.63, 3.8) is 0 Å². The Morgan fingerprint density at radius 1 is 1.09 bits per heavy atom. The smallest absolute Gasteiger partial charge is 0.273 e. The number of amides is 1. The predicted octanol–water partition coefficient (Wildman–Crippen LogP) is 2.41. The minimum Gasteiger partial charge on any atom is -0.354 e. The molecule has 1 saturated heterocycles. The average Bonchev–Trinajstić information content (AvgIpc) is 3.16. The standard InChI is InChI=1S/C26H36N6O2/c1-20-18-24(33)28-26-22-10-5-6-11-23(22)31(32(20)26)19-25(34)27-12-7-13-29-14-16-30(17-15-29)21-8-3-2-4-9-21/h5-6,10-11,18,21H,2-4,7-9,12-17,19H2,1H3,(H,27,34). The van der Waals surface area contributed by atoms with E-state index in [-0.39, 0.29) is 18.0 Å². The van der Waals surface area contributed by atoms with Crippen LogP contribution in [0, 0.1) is 6.92 Å². The molecule has 0 atom stereocenters. The van der Waals surface area contributed by atoms with E-state index in [9.17, 15) is 9.59 Å². The lowest BCUT2D eigenvalue weighted by molar-refractivity contribution is -0.121. The first-order valence-corrected chi connectivity index (χ1v) is 12.8. The summed E-state index contributed by atoms with van der Waals surface area (Å²) in [4.78, 5) is 34.2. The Morgan fingerprint density at radius 2 is 1.85 bits per heavy atom. The largest absolute Gasteiger partial charge is 0.354 e. The third kappa shape index (κ3) is 4.88. The van der Waals surface area contributed by atoms with Gasteiger partial charge in [0.2, 0.25) is 5.91 Å². The summed E-state index contributed by atoms with van der Waals surface area (Å²) in [5.41, 5.74) is 2.01. The molecule has 1 aliphatic carbocycles. The summed E-state index contributed by atoms with van der Waals surface area (Å²) in [6, 6.07) is 10.1. The highest BCUT2D eigenvalue weighted by atomic mass is 16.2. The number of carbonyl (C=O) groups excluding carboxylic acids is 1. The molecule has 2 aromatic heterocycles. The van der Waals surface area contributed by atoms with Gasteiger partial charge in [-0.05, 0) is 44.9 Å². The van der Waals surface area contributed by atoms with Crippen LogP contribution in [-0.4, -0.2) is 75.2 Å². The van der Waals surface area contributed by atoms with Gasteiger partial charge >= 0.3 is 0 Å². The Morgan fingerprint density at radius 3 is 2.65 bits per heavy atom. The molecule has 3 aromatic rings.